The summed E-state index contributed by atoms with van der Waals surface area (Å²) >= 11 is 0. The topological polar surface area (TPSA) is 75.0 Å². The lowest BCUT2D eigenvalue weighted by molar-refractivity contribution is 0.0731. The number of aromatic amines is 1. The molecule has 0 bridgehead atoms. The van der Waals surface area contributed by atoms with Crippen molar-refractivity contribution in [2.45, 2.75) is 31.7 Å². The zero-order chi connectivity index (χ0) is 13.4. The monoisotopic (exact) mass is 258 g/mol. The van der Waals surface area contributed by atoms with Gasteiger partial charge >= 0.3 is 0 Å². The maximum absolute atomic E-state index is 12.5. The third-order valence-corrected chi connectivity index (χ3v) is 3.98. The summed E-state index contributed by atoms with van der Waals surface area (Å²) in [6.45, 7) is 0. The summed E-state index contributed by atoms with van der Waals surface area (Å²) < 4.78 is 0. The summed E-state index contributed by atoms with van der Waals surface area (Å²) in [6.07, 6.45) is 4.59. The lowest BCUT2D eigenvalue weighted by atomic mass is 10.1. The quantitative estimate of drug-likeness (QED) is 0.810. The van der Waals surface area contributed by atoms with Crippen LogP contribution in [0.4, 0.5) is 5.69 Å². The summed E-state index contributed by atoms with van der Waals surface area (Å²) in [5, 5.41) is 7.85. The summed E-state index contributed by atoms with van der Waals surface area (Å²) in [5.41, 5.74) is 7.74. The number of nitrogens with two attached hydrogens (primary N) is 1. The van der Waals surface area contributed by atoms with Gasteiger partial charge in [0.2, 0.25) is 0 Å². The van der Waals surface area contributed by atoms with Crippen molar-refractivity contribution < 1.29 is 4.79 Å². The molecule has 0 atom stereocenters. The highest BCUT2D eigenvalue weighted by molar-refractivity contribution is 6.05. The molecule has 19 heavy (non-hydrogen) atoms. The van der Waals surface area contributed by atoms with Crippen molar-refractivity contribution in [3.63, 3.8) is 0 Å². The van der Waals surface area contributed by atoms with Gasteiger partial charge < -0.3 is 10.6 Å². The number of rotatable bonds is 2. The van der Waals surface area contributed by atoms with E-state index in [1.54, 1.807) is 12.1 Å². The number of carbonyl (C=O) groups excluding carboxylic acids is 1. The first-order valence-corrected chi connectivity index (χ1v) is 6.67. The Morgan fingerprint density at radius 1 is 1.42 bits per heavy atom. The van der Waals surface area contributed by atoms with Crippen molar-refractivity contribution in [2.75, 3.05) is 12.8 Å². The highest BCUT2D eigenvalue weighted by atomic mass is 16.2. The molecule has 0 aliphatic heterocycles. The van der Waals surface area contributed by atoms with Crippen LogP contribution in [0, 0.1) is 0 Å². The van der Waals surface area contributed by atoms with Crippen LogP contribution in [0.2, 0.25) is 0 Å². The van der Waals surface area contributed by atoms with Gasteiger partial charge in [-0.3, -0.25) is 9.89 Å². The van der Waals surface area contributed by atoms with Crippen LogP contribution in [0.5, 0.6) is 0 Å². The summed E-state index contributed by atoms with van der Waals surface area (Å²) in [6, 6.07) is 5.80. The highest BCUT2D eigenvalue weighted by Crippen LogP contribution is 2.25. The predicted molar refractivity (Wildman–Crippen MR) is 74.9 cm³/mol. The van der Waals surface area contributed by atoms with E-state index in [9.17, 15) is 4.79 Å². The smallest absolute Gasteiger partial charge is 0.274 e. The molecule has 1 fully saturated rings. The van der Waals surface area contributed by atoms with Crippen molar-refractivity contribution in [2.24, 2.45) is 0 Å². The van der Waals surface area contributed by atoms with Crippen molar-refractivity contribution in [3.8, 4) is 0 Å². The number of anilines is 1. The zero-order valence-corrected chi connectivity index (χ0v) is 11.0. The van der Waals surface area contributed by atoms with Gasteiger partial charge in [-0.1, -0.05) is 12.8 Å². The minimum Gasteiger partial charge on any atom is -0.399 e. The van der Waals surface area contributed by atoms with E-state index in [0.29, 0.717) is 17.4 Å². The largest absolute Gasteiger partial charge is 0.399 e. The normalized spacial score (nSPS) is 16.1. The number of benzene rings is 1. The lowest BCUT2D eigenvalue weighted by Crippen LogP contribution is -2.35. The number of carbonyl (C=O) groups is 1. The van der Waals surface area contributed by atoms with Gasteiger partial charge in [0.15, 0.2) is 5.69 Å². The number of nitrogens with zero attached hydrogens (tertiary/aromatic N) is 2. The second-order valence-corrected chi connectivity index (χ2v) is 5.23. The Morgan fingerprint density at radius 3 is 2.89 bits per heavy atom. The maximum Gasteiger partial charge on any atom is 0.274 e. The molecule has 3 rings (SSSR count). The van der Waals surface area contributed by atoms with Gasteiger partial charge in [-0.2, -0.15) is 5.10 Å². The van der Waals surface area contributed by atoms with Gasteiger partial charge in [0.05, 0.1) is 5.52 Å². The van der Waals surface area contributed by atoms with Crippen LogP contribution in [0.15, 0.2) is 18.2 Å². The first-order chi connectivity index (χ1) is 9.16. The third kappa shape index (κ3) is 2.05. The number of H-pyrrole nitrogens is 1. The number of aromatic nitrogens is 2. The molecule has 1 aromatic heterocycles. The molecule has 100 valence electrons. The molecule has 0 radical (unpaired) electrons. The first kappa shape index (κ1) is 12.0. The zero-order valence-electron chi connectivity index (χ0n) is 11.0. The highest BCUT2D eigenvalue weighted by Gasteiger charge is 2.26. The standard InChI is InChI=1S/C14H18N4O/c1-18(10-4-2-3-5-10)14(19)13-11-8-9(15)6-7-12(11)16-17-13/h6-8,10H,2-5,15H2,1H3,(H,16,17). The number of nitrogen functional groups attached to an aromatic ring is 1. The van der Waals surface area contributed by atoms with Gasteiger partial charge in [0.25, 0.3) is 5.91 Å². The van der Waals surface area contributed by atoms with E-state index in [1.165, 1.54) is 12.8 Å². The van der Waals surface area contributed by atoms with Crippen molar-refractivity contribution in [1.29, 1.82) is 0 Å². The second-order valence-electron chi connectivity index (χ2n) is 5.23. The Labute approximate surface area is 111 Å². The fourth-order valence-electron chi connectivity index (χ4n) is 2.82. The number of hydrogen-bond acceptors (Lipinski definition) is 3. The Morgan fingerprint density at radius 2 is 2.16 bits per heavy atom. The van der Waals surface area contributed by atoms with Crippen LogP contribution >= 0.6 is 0 Å². The minimum absolute atomic E-state index is 0.0243. The molecule has 5 heteroatoms. The fourth-order valence-corrected chi connectivity index (χ4v) is 2.82. The molecule has 1 saturated carbocycles. The summed E-state index contributed by atoms with van der Waals surface area (Å²) in [5.74, 6) is -0.0243. The fraction of sp³-hybridized carbons (Fsp3) is 0.429. The number of hydrogen-bond donors (Lipinski definition) is 2. The third-order valence-electron chi connectivity index (χ3n) is 3.98. The maximum atomic E-state index is 12.5. The lowest BCUT2D eigenvalue weighted by Gasteiger charge is -2.23. The molecular formula is C14H18N4O. The molecule has 1 aromatic carbocycles. The van der Waals surface area contributed by atoms with Crippen LogP contribution in [0.25, 0.3) is 10.9 Å². The number of nitrogens with one attached hydrogen (secondary N) is 1. The Bertz CT molecular complexity index is 613. The SMILES string of the molecule is CN(C(=O)c1n[nH]c2ccc(N)cc12)C1CCCC1. The van der Waals surface area contributed by atoms with Gasteiger partial charge in [0, 0.05) is 24.2 Å². The molecule has 1 amide bonds. The molecule has 1 aliphatic rings. The first-order valence-electron chi connectivity index (χ1n) is 6.67. The molecule has 3 N–H and O–H groups in total. The van der Waals surface area contributed by atoms with Crippen molar-refractivity contribution in [3.05, 3.63) is 23.9 Å². The molecule has 2 aromatic rings. The predicted octanol–water partition coefficient (Wildman–Crippen LogP) is 2.16. The molecule has 0 spiro atoms. The van der Waals surface area contributed by atoms with E-state index < -0.39 is 0 Å². The van der Waals surface area contributed by atoms with Gasteiger partial charge in [-0.05, 0) is 31.0 Å². The Hall–Kier alpha value is -2.04. The minimum atomic E-state index is -0.0243. The molecule has 0 saturated heterocycles. The Balaban J connectivity index is 1.94. The van der Waals surface area contributed by atoms with Gasteiger partial charge in [0.1, 0.15) is 0 Å². The van der Waals surface area contributed by atoms with Gasteiger partial charge in [-0.15, -0.1) is 0 Å². The van der Waals surface area contributed by atoms with E-state index in [0.717, 1.165) is 23.7 Å². The second kappa shape index (κ2) is 4.57. The summed E-state index contributed by atoms with van der Waals surface area (Å²) in [4.78, 5) is 14.3. The van der Waals surface area contributed by atoms with Crippen molar-refractivity contribution >= 4 is 22.5 Å². The van der Waals surface area contributed by atoms with Crippen LogP contribution in [0.3, 0.4) is 0 Å². The van der Waals surface area contributed by atoms with Crippen molar-refractivity contribution in [1.82, 2.24) is 15.1 Å². The van der Waals surface area contributed by atoms with E-state index in [1.807, 2.05) is 18.0 Å². The van der Waals surface area contributed by atoms with E-state index in [-0.39, 0.29) is 5.91 Å². The summed E-state index contributed by atoms with van der Waals surface area (Å²) in [7, 11) is 1.87. The van der Waals surface area contributed by atoms with Crippen LogP contribution in [-0.2, 0) is 0 Å². The molecule has 1 heterocycles. The van der Waals surface area contributed by atoms with E-state index in [4.69, 9.17) is 5.73 Å². The van der Waals surface area contributed by atoms with Crippen LogP contribution in [-0.4, -0.2) is 34.1 Å². The number of fused-ring (bicyclic) bond motifs is 1. The van der Waals surface area contributed by atoms with E-state index in [2.05, 4.69) is 10.2 Å². The average Bonchev–Trinajstić information content (AvgIpc) is 3.05. The molecular weight excluding hydrogens is 240 g/mol. The average molecular weight is 258 g/mol. The molecule has 1 aliphatic carbocycles. The van der Waals surface area contributed by atoms with Gasteiger partial charge in [-0.25, -0.2) is 0 Å². The van der Waals surface area contributed by atoms with E-state index >= 15 is 0 Å². The molecule has 5 nitrogen and oxygen atoms in total. The molecule has 0 unspecified atom stereocenters. The Kier molecular flexibility index (Phi) is 2.89. The van der Waals surface area contributed by atoms with Crippen LogP contribution < -0.4 is 5.73 Å². The van der Waals surface area contributed by atoms with Crippen LogP contribution in [0.1, 0.15) is 36.2 Å². The number of amides is 1.